The van der Waals surface area contributed by atoms with E-state index < -0.39 is 11.8 Å². The zero-order valence-electron chi connectivity index (χ0n) is 17.8. The number of carboxylic acid groups (broad SMARTS) is 1. The van der Waals surface area contributed by atoms with E-state index >= 15 is 0 Å². The average molecular weight is 448 g/mol. The summed E-state index contributed by atoms with van der Waals surface area (Å²) < 4.78 is 13.8. The third-order valence-corrected chi connectivity index (χ3v) is 8.45. The third-order valence-electron chi connectivity index (χ3n) is 8.17. The number of phenolic OH excluding ortho intramolecular Hbond substituents is 1. The highest BCUT2D eigenvalue weighted by molar-refractivity contribution is 6.32. The smallest absolute Gasteiger partial charge is 0.339 e. The van der Waals surface area contributed by atoms with Crippen molar-refractivity contribution in [3.8, 4) is 11.5 Å². The molecule has 2 saturated carbocycles. The molecule has 0 aromatic heterocycles. The van der Waals surface area contributed by atoms with Crippen molar-refractivity contribution in [2.24, 2.45) is 16.7 Å². The largest absolute Gasteiger partial charge is 0.507 e. The molecule has 0 saturated heterocycles. The first-order chi connectivity index (χ1) is 14.5. The minimum atomic E-state index is -1.19. The van der Waals surface area contributed by atoms with Crippen LogP contribution in [0.1, 0.15) is 67.4 Å². The van der Waals surface area contributed by atoms with Crippen LogP contribution in [0, 0.1) is 22.6 Å². The average Bonchev–Trinajstić information content (AvgIpc) is 3.02. The molecule has 0 spiro atoms. The molecule has 4 N–H and O–H groups in total. The molecule has 0 heterocycles. The quantitative estimate of drug-likeness (QED) is 0.442. The fraction of sp³-hybridized carbons (Fsp3) is 0.458. The first kappa shape index (κ1) is 21.8. The Morgan fingerprint density at radius 2 is 1.94 bits per heavy atom. The van der Waals surface area contributed by atoms with Crippen molar-refractivity contribution in [3.05, 3.63) is 51.8 Å². The summed E-state index contributed by atoms with van der Waals surface area (Å²) in [6, 6.07) is 5.24. The molecule has 5 nitrogen and oxygen atoms in total. The number of fused-ring (bicyclic) bond motifs is 2. The number of nitrogens with one attached hydrogen (secondary N) is 1. The summed E-state index contributed by atoms with van der Waals surface area (Å²) >= 11 is 5.89. The van der Waals surface area contributed by atoms with Crippen LogP contribution in [0.4, 0.5) is 10.1 Å². The number of carboxylic acids is 1. The van der Waals surface area contributed by atoms with Gasteiger partial charge >= 0.3 is 5.97 Å². The molecule has 31 heavy (non-hydrogen) atoms. The molecule has 0 amide bonds. The van der Waals surface area contributed by atoms with Gasteiger partial charge in [0.25, 0.3) is 0 Å². The lowest BCUT2D eigenvalue weighted by Crippen LogP contribution is -2.31. The van der Waals surface area contributed by atoms with Gasteiger partial charge in [-0.3, -0.25) is 0 Å². The molecule has 4 rings (SSSR count). The highest BCUT2D eigenvalue weighted by atomic mass is 35.5. The minimum Gasteiger partial charge on any atom is -0.507 e. The number of anilines is 1. The van der Waals surface area contributed by atoms with Gasteiger partial charge in [0.15, 0.2) is 0 Å². The summed E-state index contributed by atoms with van der Waals surface area (Å²) in [6.07, 6.45) is 3.00. The van der Waals surface area contributed by atoms with E-state index in [9.17, 15) is 24.5 Å². The van der Waals surface area contributed by atoms with Crippen LogP contribution >= 0.6 is 11.6 Å². The lowest BCUT2D eigenvalue weighted by Gasteiger charge is -2.40. The van der Waals surface area contributed by atoms with E-state index in [2.05, 4.69) is 26.1 Å². The van der Waals surface area contributed by atoms with Gasteiger partial charge in [-0.25, -0.2) is 9.18 Å². The molecule has 2 aliphatic carbocycles. The number of phenols is 2. The van der Waals surface area contributed by atoms with Crippen LogP contribution in [0.5, 0.6) is 11.5 Å². The molecule has 166 valence electrons. The van der Waals surface area contributed by atoms with E-state index in [0.717, 1.165) is 25.3 Å². The first-order valence-electron chi connectivity index (χ1n) is 10.5. The summed E-state index contributed by atoms with van der Waals surface area (Å²) in [7, 11) is 0. The van der Waals surface area contributed by atoms with Crippen molar-refractivity contribution in [1.29, 1.82) is 0 Å². The molecule has 3 unspecified atom stereocenters. The second-order valence-electron chi connectivity index (χ2n) is 9.64. The van der Waals surface area contributed by atoms with Crippen LogP contribution in [-0.2, 0) is 6.54 Å². The topological polar surface area (TPSA) is 89.8 Å². The standard InChI is InChI=1S/C24H27ClFNO4/c1-23(2)13-6-7-24(23,3)16(9-13)19-18(5-4-15(21(19)29)22(30)31)27-11-12-8-14(26)10-17(25)20(12)28/h4-5,8,10,13,16,27-29H,6-7,9,11H2,1-3H3,(H,30,31). The molecule has 2 fully saturated rings. The molecule has 2 aliphatic rings. The van der Waals surface area contributed by atoms with Gasteiger partial charge in [0.1, 0.15) is 22.9 Å². The van der Waals surface area contributed by atoms with E-state index in [0.29, 0.717) is 17.2 Å². The maximum absolute atomic E-state index is 13.8. The Morgan fingerprint density at radius 3 is 2.52 bits per heavy atom. The van der Waals surface area contributed by atoms with E-state index in [-0.39, 0.29) is 50.9 Å². The second kappa shape index (κ2) is 7.30. The van der Waals surface area contributed by atoms with Crippen LogP contribution < -0.4 is 5.32 Å². The van der Waals surface area contributed by atoms with E-state index in [1.165, 1.54) is 12.1 Å². The zero-order chi connectivity index (χ0) is 22.7. The Balaban J connectivity index is 1.76. The Kier molecular flexibility index (Phi) is 5.12. The molecular formula is C24H27ClFNO4. The van der Waals surface area contributed by atoms with Gasteiger partial charge in [-0.05, 0) is 66.2 Å². The number of aromatic hydroxyl groups is 2. The lowest BCUT2D eigenvalue weighted by atomic mass is 9.64. The summed E-state index contributed by atoms with van der Waals surface area (Å²) in [4.78, 5) is 11.7. The van der Waals surface area contributed by atoms with Crippen LogP contribution in [0.3, 0.4) is 0 Å². The number of aromatic carboxylic acids is 1. The number of carbonyl (C=O) groups is 1. The third kappa shape index (κ3) is 3.23. The number of hydrogen-bond acceptors (Lipinski definition) is 4. The normalized spacial score (nSPS) is 26.2. The Labute approximate surface area is 185 Å². The van der Waals surface area contributed by atoms with Gasteiger partial charge in [0, 0.05) is 23.4 Å². The van der Waals surface area contributed by atoms with Crippen molar-refractivity contribution in [2.75, 3.05) is 5.32 Å². The van der Waals surface area contributed by atoms with Gasteiger partial charge in [-0.15, -0.1) is 0 Å². The van der Waals surface area contributed by atoms with Crippen molar-refractivity contribution in [2.45, 2.75) is 52.5 Å². The Hall–Kier alpha value is -2.47. The van der Waals surface area contributed by atoms with Crippen molar-refractivity contribution >= 4 is 23.3 Å². The number of benzene rings is 2. The zero-order valence-corrected chi connectivity index (χ0v) is 18.6. The predicted molar refractivity (Wildman–Crippen MR) is 117 cm³/mol. The molecule has 2 aromatic carbocycles. The van der Waals surface area contributed by atoms with Gasteiger partial charge in [-0.2, -0.15) is 0 Å². The molecule has 0 radical (unpaired) electrons. The number of hydrogen-bond donors (Lipinski definition) is 4. The lowest BCUT2D eigenvalue weighted by molar-refractivity contribution is 0.0693. The Morgan fingerprint density at radius 1 is 1.23 bits per heavy atom. The summed E-state index contributed by atoms with van der Waals surface area (Å²) in [6.45, 7) is 6.79. The molecule has 7 heteroatoms. The predicted octanol–water partition coefficient (Wildman–Crippen LogP) is 6.13. The maximum Gasteiger partial charge on any atom is 0.339 e. The molecule has 2 bridgehead atoms. The summed E-state index contributed by atoms with van der Waals surface area (Å²) in [5.74, 6) is -1.72. The highest BCUT2D eigenvalue weighted by Crippen LogP contribution is 2.72. The Bertz CT molecular complexity index is 1070. The van der Waals surface area contributed by atoms with Gasteiger partial charge < -0.3 is 20.6 Å². The molecule has 2 aromatic rings. The second-order valence-corrected chi connectivity index (χ2v) is 10.0. The van der Waals surface area contributed by atoms with Crippen LogP contribution in [-0.4, -0.2) is 21.3 Å². The number of rotatable bonds is 5. The minimum absolute atomic E-state index is 0.0206. The highest BCUT2D eigenvalue weighted by Gasteiger charge is 2.62. The van der Waals surface area contributed by atoms with Crippen molar-refractivity contribution < 1.29 is 24.5 Å². The van der Waals surface area contributed by atoms with Gasteiger partial charge in [-0.1, -0.05) is 32.4 Å². The van der Waals surface area contributed by atoms with Gasteiger partial charge in [0.2, 0.25) is 0 Å². The first-order valence-corrected chi connectivity index (χ1v) is 10.8. The monoisotopic (exact) mass is 447 g/mol. The maximum atomic E-state index is 13.8. The number of halogens is 2. The molecule has 3 atom stereocenters. The molecular weight excluding hydrogens is 421 g/mol. The van der Waals surface area contributed by atoms with Crippen LogP contribution in [0.2, 0.25) is 5.02 Å². The van der Waals surface area contributed by atoms with E-state index in [1.54, 1.807) is 6.07 Å². The fourth-order valence-corrected chi connectivity index (χ4v) is 6.10. The van der Waals surface area contributed by atoms with Crippen molar-refractivity contribution in [3.63, 3.8) is 0 Å². The summed E-state index contributed by atoms with van der Waals surface area (Å²) in [5.41, 5.74) is 1.28. The van der Waals surface area contributed by atoms with E-state index in [4.69, 9.17) is 11.6 Å². The fourth-order valence-electron chi connectivity index (χ4n) is 5.87. The van der Waals surface area contributed by atoms with Crippen LogP contribution in [0.25, 0.3) is 0 Å². The summed E-state index contributed by atoms with van der Waals surface area (Å²) in [5, 5.41) is 33.8. The SMILES string of the molecule is CC1(C)C2CCC1(C)C(c1c(NCc3cc(F)cc(Cl)c3O)ccc(C(=O)O)c1O)C2. The van der Waals surface area contributed by atoms with E-state index in [1.807, 2.05) is 0 Å². The van der Waals surface area contributed by atoms with Crippen molar-refractivity contribution in [1.82, 2.24) is 0 Å². The molecule has 0 aliphatic heterocycles. The van der Waals surface area contributed by atoms with Gasteiger partial charge in [0.05, 0.1) is 5.02 Å². The van der Waals surface area contributed by atoms with Crippen LogP contribution in [0.15, 0.2) is 24.3 Å².